The first-order chi connectivity index (χ1) is 12.8. The number of carbonyl (C=O) groups excluding carboxylic acids is 2. The fourth-order valence-electron chi connectivity index (χ4n) is 3.31. The zero-order chi connectivity index (χ0) is 19.7. The maximum Gasteiger partial charge on any atom is 0.339 e. The number of para-hydroxylation sites is 1. The average Bonchev–Trinajstić information content (AvgIpc) is 2.96. The third-order valence-electron chi connectivity index (χ3n) is 4.72. The number of nitro benzene ring substituents is 1. The molecule has 0 unspecified atom stereocenters. The van der Waals surface area contributed by atoms with E-state index in [-0.39, 0.29) is 23.2 Å². The molecule has 0 saturated carbocycles. The number of fused-ring (bicyclic) bond motifs is 1. The molecule has 2 atom stereocenters. The van der Waals surface area contributed by atoms with E-state index >= 15 is 0 Å². The van der Waals surface area contributed by atoms with E-state index in [1.807, 2.05) is 31.2 Å². The van der Waals surface area contributed by atoms with Gasteiger partial charge in [-0.05, 0) is 44.9 Å². The molecular weight excluding hydrogens is 348 g/mol. The third-order valence-corrected chi connectivity index (χ3v) is 4.72. The highest BCUT2D eigenvalue weighted by atomic mass is 16.6. The number of amides is 1. The van der Waals surface area contributed by atoms with E-state index in [2.05, 4.69) is 0 Å². The standard InChI is InChI=1S/C20H20N2O5/c1-12-8-9-16(11-18(12)22(25)26)20(24)27-14(3)19(23)21-13(2)10-15-6-4-5-7-17(15)21/h4-9,11,13-14H,10H2,1-3H3/t13-,14+/m1/s1. The fourth-order valence-corrected chi connectivity index (χ4v) is 3.31. The monoisotopic (exact) mass is 368 g/mol. The van der Waals surface area contributed by atoms with E-state index < -0.39 is 17.0 Å². The van der Waals surface area contributed by atoms with Gasteiger partial charge in [0.05, 0.1) is 10.5 Å². The normalized spacial score (nSPS) is 16.6. The van der Waals surface area contributed by atoms with Crippen LogP contribution in [0.5, 0.6) is 0 Å². The molecule has 0 N–H and O–H groups in total. The molecule has 2 aromatic carbocycles. The van der Waals surface area contributed by atoms with Gasteiger partial charge in [-0.3, -0.25) is 14.9 Å². The summed E-state index contributed by atoms with van der Waals surface area (Å²) in [6, 6.07) is 11.7. The molecule has 1 aliphatic heterocycles. The molecule has 0 saturated heterocycles. The molecule has 0 aliphatic carbocycles. The van der Waals surface area contributed by atoms with Crippen LogP contribution in [-0.4, -0.2) is 28.9 Å². The van der Waals surface area contributed by atoms with Gasteiger partial charge in [0.25, 0.3) is 11.6 Å². The number of carbonyl (C=O) groups is 2. The first-order valence-corrected chi connectivity index (χ1v) is 8.66. The van der Waals surface area contributed by atoms with E-state index in [9.17, 15) is 19.7 Å². The van der Waals surface area contributed by atoms with Crippen molar-refractivity contribution >= 4 is 23.3 Å². The highest BCUT2D eigenvalue weighted by Gasteiger charge is 2.34. The lowest BCUT2D eigenvalue weighted by Crippen LogP contribution is -2.43. The van der Waals surface area contributed by atoms with Gasteiger partial charge in [-0.25, -0.2) is 4.79 Å². The molecule has 1 amide bonds. The minimum absolute atomic E-state index is 0.0310. The van der Waals surface area contributed by atoms with E-state index in [1.165, 1.54) is 25.1 Å². The van der Waals surface area contributed by atoms with Crippen molar-refractivity contribution in [3.63, 3.8) is 0 Å². The van der Waals surface area contributed by atoms with E-state index in [0.29, 0.717) is 5.56 Å². The average molecular weight is 368 g/mol. The molecule has 0 bridgehead atoms. The highest BCUT2D eigenvalue weighted by Crippen LogP contribution is 2.32. The van der Waals surface area contributed by atoms with E-state index in [4.69, 9.17) is 4.74 Å². The van der Waals surface area contributed by atoms with Crippen molar-refractivity contribution in [3.8, 4) is 0 Å². The second-order valence-electron chi connectivity index (χ2n) is 6.70. The van der Waals surface area contributed by atoms with Gasteiger partial charge in [0.2, 0.25) is 0 Å². The van der Waals surface area contributed by atoms with Gasteiger partial charge < -0.3 is 9.64 Å². The van der Waals surface area contributed by atoms with Gasteiger partial charge in [0.15, 0.2) is 6.10 Å². The second-order valence-corrected chi connectivity index (χ2v) is 6.70. The Kier molecular flexibility index (Phi) is 4.94. The summed E-state index contributed by atoms with van der Waals surface area (Å²) in [4.78, 5) is 37.4. The maximum absolute atomic E-state index is 12.9. The Balaban J connectivity index is 1.76. The predicted molar refractivity (Wildman–Crippen MR) is 99.8 cm³/mol. The van der Waals surface area contributed by atoms with Crippen LogP contribution in [0.3, 0.4) is 0 Å². The number of benzene rings is 2. The zero-order valence-electron chi connectivity index (χ0n) is 15.3. The van der Waals surface area contributed by atoms with Crippen LogP contribution in [-0.2, 0) is 16.0 Å². The summed E-state index contributed by atoms with van der Waals surface area (Å²) in [7, 11) is 0. The Morgan fingerprint density at radius 2 is 1.96 bits per heavy atom. The fraction of sp³-hybridized carbons (Fsp3) is 0.300. The Morgan fingerprint density at radius 1 is 1.26 bits per heavy atom. The molecule has 1 aliphatic rings. The molecule has 7 nitrogen and oxygen atoms in total. The quantitative estimate of drug-likeness (QED) is 0.468. The summed E-state index contributed by atoms with van der Waals surface area (Å²) >= 11 is 0. The van der Waals surface area contributed by atoms with Gasteiger partial charge in [-0.2, -0.15) is 0 Å². The number of nitrogens with zero attached hydrogens (tertiary/aromatic N) is 2. The van der Waals surface area contributed by atoms with Crippen LogP contribution in [0.1, 0.15) is 35.3 Å². The lowest BCUT2D eigenvalue weighted by molar-refractivity contribution is -0.385. The second kappa shape index (κ2) is 7.19. The summed E-state index contributed by atoms with van der Waals surface area (Å²) < 4.78 is 5.30. The van der Waals surface area contributed by atoms with Crippen LogP contribution in [0.25, 0.3) is 0 Å². The number of rotatable bonds is 4. The molecule has 1 heterocycles. The number of nitro groups is 1. The maximum atomic E-state index is 12.9. The highest BCUT2D eigenvalue weighted by molar-refractivity contribution is 6.01. The van der Waals surface area contributed by atoms with Gasteiger partial charge in [0, 0.05) is 23.4 Å². The number of ether oxygens (including phenoxy) is 1. The Morgan fingerprint density at radius 3 is 2.67 bits per heavy atom. The van der Waals surface area contributed by atoms with Crippen molar-refractivity contribution in [2.24, 2.45) is 0 Å². The van der Waals surface area contributed by atoms with Crippen LogP contribution in [0.4, 0.5) is 11.4 Å². The van der Waals surface area contributed by atoms with Crippen molar-refractivity contribution in [2.45, 2.75) is 39.3 Å². The Labute approximate surface area is 156 Å². The summed E-state index contributed by atoms with van der Waals surface area (Å²) in [5, 5.41) is 11.0. The van der Waals surface area contributed by atoms with Gasteiger partial charge in [-0.1, -0.05) is 24.3 Å². The number of hydrogen-bond donors (Lipinski definition) is 0. The summed E-state index contributed by atoms with van der Waals surface area (Å²) in [5.74, 6) is -1.08. The van der Waals surface area contributed by atoms with Gasteiger partial charge in [0.1, 0.15) is 0 Å². The summed E-state index contributed by atoms with van der Waals surface area (Å²) in [5.41, 5.74) is 2.23. The van der Waals surface area contributed by atoms with Crippen molar-refractivity contribution in [1.29, 1.82) is 0 Å². The van der Waals surface area contributed by atoms with Gasteiger partial charge in [-0.15, -0.1) is 0 Å². The smallest absolute Gasteiger partial charge is 0.339 e. The lowest BCUT2D eigenvalue weighted by Gasteiger charge is -2.25. The van der Waals surface area contributed by atoms with Crippen molar-refractivity contribution in [1.82, 2.24) is 0 Å². The molecule has 0 spiro atoms. The van der Waals surface area contributed by atoms with Crippen molar-refractivity contribution in [3.05, 3.63) is 69.3 Å². The molecule has 0 radical (unpaired) electrons. The largest absolute Gasteiger partial charge is 0.449 e. The van der Waals surface area contributed by atoms with Gasteiger partial charge >= 0.3 is 5.97 Å². The molecule has 7 heteroatoms. The van der Waals surface area contributed by atoms with Crippen LogP contribution in [0.2, 0.25) is 0 Å². The van der Waals surface area contributed by atoms with Crippen molar-refractivity contribution in [2.75, 3.05) is 4.90 Å². The van der Waals surface area contributed by atoms with Crippen molar-refractivity contribution < 1.29 is 19.2 Å². The Hall–Kier alpha value is -3.22. The summed E-state index contributed by atoms with van der Waals surface area (Å²) in [6.07, 6.45) is -0.265. The van der Waals surface area contributed by atoms with Crippen LogP contribution in [0.15, 0.2) is 42.5 Å². The first kappa shape index (κ1) is 18.6. The van der Waals surface area contributed by atoms with Crippen LogP contribution < -0.4 is 4.90 Å². The predicted octanol–water partition coefficient (Wildman–Crippen LogP) is 3.43. The molecule has 27 heavy (non-hydrogen) atoms. The molecule has 0 aromatic heterocycles. The van der Waals surface area contributed by atoms with E-state index in [1.54, 1.807) is 11.8 Å². The Bertz CT molecular complexity index is 924. The number of hydrogen-bond acceptors (Lipinski definition) is 5. The molecule has 2 aromatic rings. The third kappa shape index (κ3) is 3.53. The number of aryl methyl sites for hydroxylation is 1. The zero-order valence-corrected chi connectivity index (χ0v) is 15.3. The number of esters is 1. The lowest BCUT2D eigenvalue weighted by atomic mass is 10.1. The SMILES string of the molecule is Cc1ccc(C(=O)O[C@@H](C)C(=O)N2c3ccccc3C[C@H]2C)cc1[N+](=O)[O-]. The molecule has 3 rings (SSSR count). The molecular formula is C20H20N2O5. The molecule has 140 valence electrons. The molecule has 0 fully saturated rings. The first-order valence-electron chi connectivity index (χ1n) is 8.66. The van der Waals surface area contributed by atoms with Crippen LogP contribution in [0, 0.1) is 17.0 Å². The number of anilines is 1. The van der Waals surface area contributed by atoms with E-state index in [0.717, 1.165) is 17.7 Å². The minimum Gasteiger partial charge on any atom is -0.449 e. The minimum atomic E-state index is -1.01. The topological polar surface area (TPSA) is 89.8 Å². The summed E-state index contributed by atoms with van der Waals surface area (Å²) in [6.45, 7) is 5.04. The van der Waals surface area contributed by atoms with Crippen LogP contribution >= 0.6 is 0 Å².